The van der Waals surface area contributed by atoms with E-state index >= 15 is 0 Å². The van der Waals surface area contributed by atoms with Crippen LogP contribution in [0.2, 0.25) is 0 Å². The van der Waals surface area contributed by atoms with Crippen molar-refractivity contribution in [1.29, 1.82) is 0 Å². The van der Waals surface area contributed by atoms with Crippen molar-refractivity contribution < 1.29 is 14.7 Å². The van der Waals surface area contributed by atoms with Crippen LogP contribution < -0.4 is 15.8 Å². The molecule has 0 bridgehead atoms. The monoisotopic (exact) mass is 399 g/mol. The summed E-state index contributed by atoms with van der Waals surface area (Å²) in [5.74, 6) is 0.00310. The highest BCUT2D eigenvalue weighted by Gasteiger charge is 2.36. The topological polar surface area (TPSA) is 104 Å². The van der Waals surface area contributed by atoms with Crippen LogP contribution in [0.5, 0.6) is 5.75 Å². The van der Waals surface area contributed by atoms with E-state index in [2.05, 4.69) is 32.7 Å². The first-order valence-electron chi connectivity index (χ1n) is 10.0. The third kappa shape index (κ3) is 4.05. The second-order valence-corrected chi connectivity index (χ2v) is 8.69. The summed E-state index contributed by atoms with van der Waals surface area (Å²) in [5.41, 5.74) is 4.75. The van der Waals surface area contributed by atoms with Gasteiger partial charge >= 0.3 is 0 Å². The van der Waals surface area contributed by atoms with Crippen molar-refractivity contribution in [1.82, 2.24) is 15.4 Å². The Bertz CT molecular complexity index is 989. The highest BCUT2D eigenvalue weighted by atomic mass is 16.5. The lowest BCUT2D eigenvalue weighted by Gasteiger charge is -2.36. The van der Waals surface area contributed by atoms with E-state index in [0.717, 1.165) is 41.8 Å². The maximum atomic E-state index is 12.5. The van der Waals surface area contributed by atoms with Gasteiger partial charge in [-0.15, -0.1) is 0 Å². The number of aryl methyl sites for hydroxylation is 1. The number of H-pyrrole nitrogens is 1. The molecule has 156 valence electrons. The first-order valence-corrected chi connectivity index (χ1v) is 10.0. The molecule has 0 spiro atoms. The summed E-state index contributed by atoms with van der Waals surface area (Å²) in [6.07, 6.45) is 2.75. The Labute approximate surface area is 170 Å². The molecule has 29 heavy (non-hydrogen) atoms. The summed E-state index contributed by atoms with van der Waals surface area (Å²) in [6.45, 7) is 11.0. The molecule has 0 saturated carbocycles. The molecule has 1 atom stereocenters. The molecule has 2 aromatic rings. The third-order valence-corrected chi connectivity index (χ3v) is 5.50. The summed E-state index contributed by atoms with van der Waals surface area (Å²) in [5, 5.41) is 8.98. The number of rotatable bonds is 5. The van der Waals surface area contributed by atoms with E-state index in [0.29, 0.717) is 18.0 Å². The maximum Gasteiger partial charge on any atom is 0.280 e. The molecule has 7 heteroatoms. The Morgan fingerprint density at radius 1 is 1.38 bits per heavy atom. The molecule has 1 amide bonds. The molecule has 3 N–H and O–H groups in total. The van der Waals surface area contributed by atoms with E-state index in [1.54, 1.807) is 11.5 Å². The first-order chi connectivity index (χ1) is 13.7. The highest BCUT2D eigenvalue weighted by molar-refractivity contribution is 5.93. The summed E-state index contributed by atoms with van der Waals surface area (Å²) >= 11 is 0. The second-order valence-electron chi connectivity index (χ2n) is 8.69. The van der Waals surface area contributed by atoms with Gasteiger partial charge < -0.3 is 9.72 Å². The van der Waals surface area contributed by atoms with Crippen LogP contribution in [-0.2, 0) is 6.42 Å². The van der Waals surface area contributed by atoms with Gasteiger partial charge in [0.2, 0.25) is 0 Å². The van der Waals surface area contributed by atoms with Crippen LogP contribution in [0.1, 0.15) is 73.6 Å². The number of ether oxygens (including phenoxy) is 1. The molecule has 0 saturated heterocycles. The molecule has 1 aliphatic carbocycles. The number of carbonyl (C=O) groups is 1. The van der Waals surface area contributed by atoms with E-state index in [4.69, 9.17) is 14.9 Å². The Morgan fingerprint density at radius 2 is 2.10 bits per heavy atom. The SMILES string of the molecule is CCCCOc1cc2c(nc1C)-c1[nH]c(=O)c(C(=O)NO)cc1C(C(C)(C)C)C2. The van der Waals surface area contributed by atoms with Gasteiger partial charge in [0.25, 0.3) is 11.5 Å². The predicted molar refractivity (Wildman–Crippen MR) is 111 cm³/mol. The lowest BCUT2D eigenvalue weighted by Crippen LogP contribution is -2.32. The third-order valence-electron chi connectivity index (χ3n) is 5.50. The molecule has 2 aromatic heterocycles. The summed E-state index contributed by atoms with van der Waals surface area (Å²) in [6, 6.07) is 3.61. The molecule has 0 radical (unpaired) electrons. The van der Waals surface area contributed by atoms with Crippen LogP contribution in [-0.4, -0.2) is 27.7 Å². The number of carbonyl (C=O) groups excluding carboxylic acids is 1. The van der Waals surface area contributed by atoms with E-state index in [-0.39, 0.29) is 16.9 Å². The van der Waals surface area contributed by atoms with Gasteiger partial charge in [0.05, 0.1) is 23.7 Å². The largest absolute Gasteiger partial charge is 0.492 e. The average molecular weight is 399 g/mol. The van der Waals surface area contributed by atoms with Crippen molar-refractivity contribution >= 4 is 5.91 Å². The zero-order valence-corrected chi connectivity index (χ0v) is 17.7. The van der Waals surface area contributed by atoms with E-state index in [1.165, 1.54) is 0 Å². The number of nitrogens with zero attached hydrogens (tertiary/aromatic N) is 1. The van der Waals surface area contributed by atoms with Crippen LogP contribution in [0.4, 0.5) is 0 Å². The Kier molecular flexibility index (Phi) is 5.80. The number of hydrogen-bond acceptors (Lipinski definition) is 5. The number of hydroxylamine groups is 1. The zero-order chi connectivity index (χ0) is 21.3. The standard InChI is InChI=1S/C22H29N3O4/c1-6-7-8-29-17-10-13-9-16(22(3,4)5)14-11-15(21(27)25-28)20(26)24-19(14)18(13)23-12(17)2/h10-11,16,28H,6-9H2,1-5H3,(H,24,26)(H,25,27). The molecule has 3 rings (SSSR count). The lowest BCUT2D eigenvalue weighted by atomic mass is 9.69. The number of aromatic nitrogens is 2. The number of pyridine rings is 2. The van der Waals surface area contributed by atoms with Crippen LogP contribution in [0.3, 0.4) is 0 Å². The van der Waals surface area contributed by atoms with Gasteiger partial charge in [-0.05, 0) is 54.4 Å². The smallest absolute Gasteiger partial charge is 0.280 e. The van der Waals surface area contributed by atoms with Gasteiger partial charge in [-0.25, -0.2) is 10.5 Å². The number of fused-ring (bicyclic) bond motifs is 3. The van der Waals surface area contributed by atoms with Crippen LogP contribution in [0.15, 0.2) is 16.9 Å². The Balaban J connectivity index is 2.17. The molecule has 0 aliphatic heterocycles. The van der Waals surface area contributed by atoms with E-state index < -0.39 is 11.5 Å². The molecule has 7 nitrogen and oxygen atoms in total. The van der Waals surface area contributed by atoms with E-state index in [9.17, 15) is 9.59 Å². The molecular weight excluding hydrogens is 370 g/mol. The number of unbranched alkanes of at least 4 members (excludes halogenated alkanes) is 1. The van der Waals surface area contributed by atoms with Crippen molar-refractivity contribution in [3.8, 4) is 17.1 Å². The number of amides is 1. The fourth-order valence-electron chi connectivity index (χ4n) is 3.82. The molecule has 1 unspecified atom stereocenters. The first kappa shape index (κ1) is 21.0. The predicted octanol–water partition coefficient (Wildman–Crippen LogP) is 3.73. The van der Waals surface area contributed by atoms with Gasteiger partial charge in [-0.1, -0.05) is 34.1 Å². The normalized spacial score (nSPS) is 15.4. The van der Waals surface area contributed by atoms with Crippen LogP contribution in [0.25, 0.3) is 11.4 Å². The van der Waals surface area contributed by atoms with Gasteiger partial charge in [0.1, 0.15) is 11.3 Å². The lowest BCUT2D eigenvalue weighted by molar-refractivity contribution is 0.0704. The molecular formula is C22H29N3O4. The van der Waals surface area contributed by atoms with Crippen molar-refractivity contribution in [2.45, 2.75) is 59.8 Å². The molecule has 0 aromatic carbocycles. The van der Waals surface area contributed by atoms with Crippen molar-refractivity contribution in [3.05, 3.63) is 44.9 Å². The minimum Gasteiger partial charge on any atom is -0.492 e. The summed E-state index contributed by atoms with van der Waals surface area (Å²) in [4.78, 5) is 32.0. The van der Waals surface area contributed by atoms with E-state index in [1.807, 2.05) is 13.0 Å². The molecule has 1 aliphatic rings. The van der Waals surface area contributed by atoms with Gasteiger partial charge in [-0.3, -0.25) is 14.8 Å². The van der Waals surface area contributed by atoms with Crippen molar-refractivity contribution in [2.24, 2.45) is 5.41 Å². The van der Waals surface area contributed by atoms with Crippen LogP contribution >= 0.6 is 0 Å². The summed E-state index contributed by atoms with van der Waals surface area (Å²) < 4.78 is 5.93. The second kappa shape index (κ2) is 7.99. The van der Waals surface area contributed by atoms with Gasteiger partial charge in [-0.2, -0.15) is 0 Å². The number of aromatic amines is 1. The number of hydrogen-bond donors (Lipinski definition) is 3. The Hall–Kier alpha value is -2.67. The number of nitrogens with one attached hydrogen (secondary N) is 2. The quantitative estimate of drug-likeness (QED) is 0.404. The summed E-state index contributed by atoms with van der Waals surface area (Å²) in [7, 11) is 0. The maximum absolute atomic E-state index is 12.5. The minimum atomic E-state index is -0.823. The minimum absolute atomic E-state index is 0.0556. The fraction of sp³-hybridized carbons (Fsp3) is 0.500. The van der Waals surface area contributed by atoms with Crippen molar-refractivity contribution in [3.63, 3.8) is 0 Å². The average Bonchev–Trinajstić information content (AvgIpc) is 2.66. The van der Waals surface area contributed by atoms with Gasteiger partial charge in [0, 0.05) is 0 Å². The van der Waals surface area contributed by atoms with Crippen LogP contribution in [0, 0.1) is 12.3 Å². The van der Waals surface area contributed by atoms with Gasteiger partial charge in [0.15, 0.2) is 0 Å². The zero-order valence-electron chi connectivity index (χ0n) is 17.7. The molecule has 2 heterocycles. The van der Waals surface area contributed by atoms with Crippen molar-refractivity contribution in [2.75, 3.05) is 6.61 Å². The fourth-order valence-corrected chi connectivity index (χ4v) is 3.82. The Morgan fingerprint density at radius 3 is 2.72 bits per heavy atom. The molecule has 0 fully saturated rings. The highest BCUT2D eigenvalue weighted by Crippen LogP contribution is 2.46.